The predicted octanol–water partition coefficient (Wildman–Crippen LogP) is 3.67. The Labute approximate surface area is 103 Å². The fourth-order valence-corrected chi connectivity index (χ4v) is 2.47. The number of hydrogen-bond donors (Lipinski definition) is 1. The van der Waals surface area contributed by atoms with Crippen molar-refractivity contribution in [1.29, 1.82) is 0 Å². The van der Waals surface area contributed by atoms with Crippen LogP contribution in [0.4, 0.5) is 0 Å². The highest BCUT2D eigenvalue weighted by Gasteiger charge is 2.02. The molecule has 92 valence electrons. The van der Waals surface area contributed by atoms with Crippen LogP contribution in [0.1, 0.15) is 38.7 Å². The molecule has 1 rings (SSSR count). The van der Waals surface area contributed by atoms with E-state index in [9.17, 15) is 0 Å². The molecule has 3 heteroatoms. The molecule has 0 fully saturated rings. The molecule has 0 aliphatic carbocycles. The van der Waals surface area contributed by atoms with Gasteiger partial charge in [0.15, 0.2) is 0 Å². The van der Waals surface area contributed by atoms with Gasteiger partial charge in [-0.05, 0) is 36.8 Å². The summed E-state index contributed by atoms with van der Waals surface area (Å²) in [6.07, 6.45) is 1.29. The molecular formula is C13H23NOS. The van der Waals surface area contributed by atoms with Gasteiger partial charge in [-0.1, -0.05) is 20.8 Å². The van der Waals surface area contributed by atoms with Gasteiger partial charge in [0.2, 0.25) is 0 Å². The molecule has 1 aromatic rings. The van der Waals surface area contributed by atoms with Crippen LogP contribution in [0.2, 0.25) is 0 Å². The number of thioether (sulfide) groups is 1. The molecule has 0 aromatic carbocycles. The maximum atomic E-state index is 5.71. The van der Waals surface area contributed by atoms with Gasteiger partial charge in [0, 0.05) is 0 Å². The topological polar surface area (TPSA) is 25.2 Å². The van der Waals surface area contributed by atoms with E-state index in [4.69, 9.17) is 4.42 Å². The van der Waals surface area contributed by atoms with Gasteiger partial charge in [-0.15, -0.1) is 0 Å². The van der Waals surface area contributed by atoms with E-state index in [-0.39, 0.29) is 0 Å². The van der Waals surface area contributed by atoms with Crippen molar-refractivity contribution in [2.75, 3.05) is 12.3 Å². The van der Waals surface area contributed by atoms with E-state index >= 15 is 0 Å². The molecule has 0 unspecified atom stereocenters. The van der Waals surface area contributed by atoms with Crippen LogP contribution in [0.3, 0.4) is 0 Å². The van der Waals surface area contributed by atoms with Gasteiger partial charge < -0.3 is 9.73 Å². The van der Waals surface area contributed by atoms with E-state index in [0.29, 0.717) is 0 Å². The molecule has 0 aliphatic rings. The van der Waals surface area contributed by atoms with Crippen molar-refractivity contribution in [2.45, 2.75) is 39.5 Å². The Balaban J connectivity index is 2.19. The molecule has 1 N–H and O–H groups in total. The first-order chi connectivity index (χ1) is 7.72. The monoisotopic (exact) mass is 241 g/mol. The van der Waals surface area contributed by atoms with Crippen molar-refractivity contribution in [3.05, 3.63) is 23.7 Å². The maximum Gasteiger partial charge on any atom is 0.117 e. The van der Waals surface area contributed by atoms with Crippen LogP contribution in [0.15, 0.2) is 16.5 Å². The van der Waals surface area contributed by atoms with Crippen molar-refractivity contribution >= 4 is 11.8 Å². The minimum atomic E-state index is 0.799. The summed E-state index contributed by atoms with van der Waals surface area (Å²) in [7, 11) is 0. The fourth-order valence-electron chi connectivity index (χ4n) is 1.33. The molecule has 0 atom stereocenters. The largest absolute Gasteiger partial charge is 0.464 e. The predicted molar refractivity (Wildman–Crippen MR) is 71.7 cm³/mol. The van der Waals surface area contributed by atoms with Crippen LogP contribution >= 0.6 is 11.8 Å². The fraction of sp³-hybridized carbons (Fsp3) is 0.692. The van der Waals surface area contributed by atoms with E-state index in [2.05, 4.69) is 38.2 Å². The van der Waals surface area contributed by atoms with Crippen LogP contribution in [0.25, 0.3) is 0 Å². The molecule has 0 saturated heterocycles. The minimum absolute atomic E-state index is 0.799. The van der Waals surface area contributed by atoms with Crippen molar-refractivity contribution < 1.29 is 4.42 Å². The average Bonchev–Trinajstić information content (AvgIpc) is 2.69. The summed E-state index contributed by atoms with van der Waals surface area (Å²) in [6.45, 7) is 8.46. The van der Waals surface area contributed by atoms with Crippen molar-refractivity contribution in [3.8, 4) is 0 Å². The quantitative estimate of drug-likeness (QED) is 0.703. The van der Waals surface area contributed by atoms with Crippen LogP contribution < -0.4 is 5.32 Å². The third-order valence-electron chi connectivity index (χ3n) is 2.35. The van der Waals surface area contributed by atoms with Gasteiger partial charge in [0.05, 0.1) is 12.3 Å². The number of nitrogens with one attached hydrogen (secondary N) is 1. The zero-order chi connectivity index (χ0) is 11.8. The second-order valence-corrected chi connectivity index (χ2v) is 5.49. The van der Waals surface area contributed by atoms with E-state index in [1.165, 1.54) is 12.2 Å². The summed E-state index contributed by atoms with van der Waals surface area (Å²) < 4.78 is 5.71. The molecule has 0 spiro atoms. The number of rotatable bonds is 8. The highest BCUT2D eigenvalue weighted by molar-refractivity contribution is 7.98. The Morgan fingerprint density at radius 2 is 2.06 bits per heavy atom. The summed E-state index contributed by atoms with van der Waals surface area (Å²) >= 11 is 1.96. The maximum absolute atomic E-state index is 5.71. The molecule has 0 aliphatic heterocycles. The molecule has 0 saturated carbocycles. The Hall–Kier alpha value is -0.410. The molecule has 1 aromatic heterocycles. The van der Waals surface area contributed by atoms with Crippen molar-refractivity contribution in [2.24, 2.45) is 5.92 Å². The van der Waals surface area contributed by atoms with Gasteiger partial charge in [-0.25, -0.2) is 0 Å². The molecule has 0 amide bonds. The summed E-state index contributed by atoms with van der Waals surface area (Å²) in [5.74, 6) is 5.16. The van der Waals surface area contributed by atoms with Gasteiger partial charge in [-0.3, -0.25) is 0 Å². The highest BCUT2D eigenvalue weighted by Crippen LogP contribution is 2.17. The average molecular weight is 241 g/mol. The van der Waals surface area contributed by atoms with E-state index in [1.807, 2.05) is 11.8 Å². The first-order valence-corrected chi connectivity index (χ1v) is 7.24. The summed E-state index contributed by atoms with van der Waals surface area (Å²) in [5, 5.41) is 3.26. The van der Waals surface area contributed by atoms with Gasteiger partial charge in [-0.2, -0.15) is 11.8 Å². The SMILES string of the molecule is CCNCc1ccc(CSCCC(C)C)o1. The molecule has 1 heterocycles. The Morgan fingerprint density at radius 1 is 1.31 bits per heavy atom. The lowest BCUT2D eigenvalue weighted by molar-refractivity contribution is 0.462. The number of hydrogen-bond acceptors (Lipinski definition) is 3. The van der Waals surface area contributed by atoms with Crippen LogP contribution in [-0.2, 0) is 12.3 Å². The van der Waals surface area contributed by atoms with Crippen LogP contribution in [0.5, 0.6) is 0 Å². The summed E-state index contributed by atoms with van der Waals surface area (Å²) in [4.78, 5) is 0. The van der Waals surface area contributed by atoms with Gasteiger partial charge in [0.1, 0.15) is 11.5 Å². The van der Waals surface area contributed by atoms with E-state index < -0.39 is 0 Å². The Morgan fingerprint density at radius 3 is 2.75 bits per heavy atom. The van der Waals surface area contributed by atoms with Gasteiger partial charge >= 0.3 is 0 Å². The second kappa shape index (κ2) is 7.80. The standard InChI is InChI=1S/C13H23NOS/c1-4-14-9-12-5-6-13(15-12)10-16-8-7-11(2)3/h5-6,11,14H,4,7-10H2,1-3H3. The third-order valence-corrected chi connectivity index (χ3v) is 3.36. The lowest BCUT2D eigenvalue weighted by Crippen LogP contribution is -2.10. The molecule has 2 nitrogen and oxygen atoms in total. The smallest absolute Gasteiger partial charge is 0.117 e. The summed E-state index contributed by atoms with van der Waals surface area (Å²) in [5.41, 5.74) is 0. The van der Waals surface area contributed by atoms with Crippen LogP contribution in [-0.4, -0.2) is 12.3 Å². The van der Waals surface area contributed by atoms with E-state index in [1.54, 1.807) is 0 Å². The molecule has 0 radical (unpaired) electrons. The summed E-state index contributed by atoms with van der Waals surface area (Å²) in [6, 6.07) is 4.16. The Kier molecular flexibility index (Phi) is 6.65. The lowest BCUT2D eigenvalue weighted by Gasteiger charge is -2.02. The lowest BCUT2D eigenvalue weighted by atomic mass is 10.2. The zero-order valence-corrected chi connectivity index (χ0v) is 11.4. The highest BCUT2D eigenvalue weighted by atomic mass is 32.2. The Bertz CT molecular complexity index is 283. The molecular weight excluding hydrogens is 218 g/mol. The second-order valence-electron chi connectivity index (χ2n) is 4.38. The first kappa shape index (κ1) is 13.7. The molecule has 0 bridgehead atoms. The number of furan rings is 1. The first-order valence-electron chi connectivity index (χ1n) is 6.08. The van der Waals surface area contributed by atoms with Crippen molar-refractivity contribution in [3.63, 3.8) is 0 Å². The zero-order valence-electron chi connectivity index (χ0n) is 10.6. The molecule has 16 heavy (non-hydrogen) atoms. The van der Waals surface area contributed by atoms with Crippen molar-refractivity contribution in [1.82, 2.24) is 5.32 Å². The normalized spacial score (nSPS) is 11.2. The van der Waals surface area contributed by atoms with Gasteiger partial charge in [0.25, 0.3) is 0 Å². The van der Waals surface area contributed by atoms with E-state index in [0.717, 1.165) is 36.3 Å². The van der Waals surface area contributed by atoms with Crippen LogP contribution in [0, 0.1) is 5.92 Å². The third kappa shape index (κ3) is 5.61. The minimum Gasteiger partial charge on any atom is -0.464 e.